The van der Waals surface area contributed by atoms with E-state index >= 15 is 0 Å². The zero-order chi connectivity index (χ0) is 19.3. The average molecular weight is 359 g/mol. The maximum absolute atomic E-state index is 12.2. The van der Waals surface area contributed by atoms with Gasteiger partial charge < -0.3 is 25.5 Å². The van der Waals surface area contributed by atoms with Gasteiger partial charge in [0.25, 0.3) is 5.91 Å². The zero-order valence-electron chi connectivity index (χ0n) is 14.8. The van der Waals surface area contributed by atoms with Gasteiger partial charge in [0.05, 0.1) is 0 Å². The molecule has 0 saturated heterocycles. The van der Waals surface area contributed by atoms with Crippen LogP contribution in [-0.2, 0) is 6.42 Å². The first kappa shape index (κ1) is 19.0. The smallest absolute Gasteiger partial charge is 0.339 e. The Labute approximate surface area is 150 Å². The Kier molecular flexibility index (Phi) is 6.00. The minimum atomic E-state index is -1.14. The molecule has 2 rings (SSSR count). The van der Waals surface area contributed by atoms with Crippen molar-refractivity contribution in [1.82, 2.24) is 5.32 Å². The van der Waals surface area contributed by atoms with Gasteiger partial charge in [-0.05, 0) is 38.1 Å². The molecule has 0 fully saturated rings. The SMILES string of the molecule is CCc1oc(C(=O)Nc2ccc(NC(=O)NC(C)C)cc2)cc1C(=O)O. The van der Waals surface area contributed by atoms with E-state index in [0.717, 1.165) is 0 Å². The number of carboxylic acids is 1. The first-order valence-corrected chi connectivity index (χ1v) is 8.15. The van der Waals surface area contributed by atoms with Gasteiger partial charge in [0.15, 0.2) is 5.76 Å². The lowest BCUT2D eigenvalue weighted by molar-refractivity contribution is 0.0694. The molecule has 1 aromatic heterocycles. The van der Waals surface area contributed by atoms with Gasteiger partial charge in [0.1, 0.15) is 11.3 Å². The van der Waals surface area contributed by atoms with Gasteiger partial charge in [-0.2, -0.15) is 0 Å². The van der Waals surface area contributed by atoms with Gasteiger partial charge in [-0.25, -0.2) is 9.59 Å². The topological polar surface area (TPSA) is 121 Å². The van der Waals surface area contributed by atoms with Crippen molar-refractivity contribution in [2.45, 2.75) is 33.2 Å². The second kappa shape index (κ2) is 8.19. The predicted octanol–water partition coefficient (Wildman–Crippen LogP) is 3.32. The molecule has 0 aliphatic rings. The number of hydrogen-bond acceptors (Lipinski definition) is 4. The maximum Gasteiger partial charge on any atom is 0.339 e. The lowest BCUT2D eigenvalue weighted by atomic mass is 10.2. The van der Waals surface area contributed by atoms with Crippen LogP contribution in [0.1, 0.15) is 47.4 Å². The van der Waals surface area contributed by atoms with Crippen molar-refractivity contribution in [3.8, 4) is 0 Å². The average Bonchev–Trinajstić information content (AvgIpc) is 3.00. The number of nitrogens with one attached hydrogen (secondary N) is 3. The molecule has 26 heavy (non-hydrogen) atoms. The molecule has 8 nitrogen and oxygen atoms in total. The van der Waals surface area contributed by atoms with Crippen molar-refractivity contribution in [2.75, 3.05) is 10.6 Å². The molecule has 2 aromatic rings. The number of hydrogen-bond donors (Lipinski definition) is 4. The van der Waals surface area contributed by atoms with Crippen molar-refractivity contribution >= 4 is 29.3 Å². The highest BCUT2D eigenvalue weighted by atomic mass is 16.4. The number of benzene rings is 1. The van der Waals surface area contributed by atoms with Gasteiger partial charge in [-0.3, -0.25) is 4.79 Å². The number of anilines is 2. The standard InChI is InChI=1S/C18H21N3O5/c1-4-14-13(17(23)24)9-15(26-14)16(22)20-11-5-7-12(8-6-11)21-18(25)19-10(2)3/h5-10H,4H2,1-3H3,(H,20,22)(H,23,24)(H2,19,21,25). The van der Waals surface area contributed by atoms with Gasteiger partial charge in [0.2, 0.25) is 0 Å². The predicted molar refractivity (Wildman–Crippen MR) is 96.7 cm³/mol. The van der Waals surface area contributed by atoms with Crippen LogP contribution in [-0.4, -0.2) is 29.1 Å². The molecule has 0 aliphatic carbocycles. The molecule has 8 heteroatoms. The van der Waals surface area contributed by atoms with Crippen LogP contribution in [0.25, 0.3) is 0 Å². The van der Waals surface area contributed by atoms with Gasteiger partial charge in [-0.1, -0.05) is 6.92 Å². The molecule has 0 atom stereocenters. The third-order valence-corrected chi connectivity index (χ3v) is 3.40. The van der Waals surface area contributed by atoms with Crippen LogP contribution in [0.4, 0.5) is 16.2 Å². The second-order valence-corrected chi connectivity index (χ2v) is 5.89. The summed E-state index contributed by atoms with van der Waals surface area (Å²) in [6.07, 6.45) is 0.369. The van der Waals surface area contributed by atoms with Crippen molar-refractivity contribution in [2.24, 2.45) is 0 Å². The molecule has 1 heterocycles. The van der Waals surface area contributed by atoms with E-state index in [4.69, 9.17) is 9.52 Å². The third kappa shape index (κ3) is 4.85. The Balaban J connectivity index is 2.03. The number of aryl methyl sites for hydroxylation is 1. The van der Waals surface area contributed by atoms with E-state index in [0.29, 0.717) is 17.8 Å². The minimum Gasteiger partial charge on any atom is -0.478 e. The van der Waals surface area contributed by atoms with E-state index in [-0.39, 0.29) is 29.2 Å². The number of carbonyl (C=O) groups excluding carboxylic acids is 2. The summed E-state index contributed by atoms with van der Waals surface area (Å²) in [5.74, 6) is -1.51. The van der Waals surface area contributed by atoms with Crippen LogP contribution in [0.5, 0.6) is 0 Å². The van der Waals surface area contributed by atoms with Gasteiger partial charge in [-0.15, -0.1) is 0 Å². The molecule has 3 amide bonds. The number of rotatable bonds is 6. The molecule has 0 saturated carbocycles. The highest BCUT2D eigenvalue weighted by molar-refractivity contribution is 6.04. The fraction of sp³-hybridized carbons (Fsp3) is 0.278. The first-order chi connectivity index (χ1) is 12.3. The molecular formula is C18H21N3O5. The molecular weight excluding hydrogens is 338 g/mol. The van der Waals surface area contributed by atoms with Crippen molar-refractivity contribution in [3.05, 3.63) is 47.4 Å². The Morgan fingerprint density at radius 3 is 2.12 bits per heavy atom. The second-order valence-electron chi connectivity index (χ2n) is 5.89. The third-order valence-electron chi connectivity index (χ3n) is 3.40. The maximum atomic E-state index is 12.2. The minimum absolute atomic E-state index is 0.0190. The summed E-state index contributed by atoms with van der Waals surface area (Å²) in [4.78, 5) is 35.0. The molecule has 0 spiro atoms. The lowest BCUT2D eigenvalue weighted by Gasteiger charge is -2.10. The number of aromatic carboxylic acids is 1. The fourth-order valence-corrected chi connectivity index (χ4v) is 2.24. The monoisotopic (exact) mass is 359 g/mol. The lowest BCUT2D eigenvalue weighted by Crippen LogP contribution is -2.34. The number of carboxylic acid groups (broad SMARTS) is 1. The highest BCUT2D eigenvalue weighted by Gasteiger charge is 2.20. The van der Waals surface area contributed by atoms with Crippen LogP contribution < -0.4 is 16.0 Å². The Morgan fingerprint density at radius 1 is 1.08 bits per heavy atom. The summed E-state index contributed by atoms with van der Waals surface area (Å²) in [5.41, 5.74) is 1.03. The summed E-state index contributed by atoms with van der Waals surface area (Å²) in [6.45, 7) is 5.45. The molecule has 138 valence electrons. The van der Waals surface area contributed by atoms with E-state index in [2.05, 4.69) is 16.0 Å². The molecule has 1 aromatic carbocycles. The van der Waals surface area contributed by atoms with Crippen molar-refractivity contribution < 1.29 is 23.9 Å². The molecule has 0 unspecified atom stereocenters. The van der Waals surface area contributed by atoms with Crippen LogP contribution in [0.15, 0.2) is 34.7 Å². The van der Waals surface area contributed by atoms with Crippen LogP contribution in [0.2, 0.25) is 0 Å². The Hall–Kier alpha value is -3.29. The Morgan fingerprint density at radius 2 is 1.65 bits per heavy atom. The number of furan rings is 1. The number of urea groups is 1. The van der Waals surface area contributed by atoms with Crippen LogP contribution in [0.3, 0.4) is 0 Å². The van der Waals surface area contributed by atoms with E-state index in [1.54, 1.807) is 31.2 Å². The summed E-state index contributed by atoms with van der Waals surface area (Å²) >= 11 is 0. The van der Waals surface area contributed by atoms with Crippen molar-refractivity contribution in [3.63, 3.8) is 0 Å². The van der Waals surface area contributed by atoms with Crippen LogP contribution in [0, 0.1) is 0 Å². The largest absolute Gasteiger partial charge is 0.478 e. The fourth-order valence-electron chi connectivity index (χ4n) is 2.24. The molecule has 0 aliphatic heterocycles. The van der Waals surface area contributed by atoms with E-state index < -0.39 is 11.9 Å². The number of amides is 3. The Bertz CT molecular complexity index is 809. The quantitative estimate of drug-likeness (QED) is 0.630. The molecule has 0 bridgehead atoms. The normalized spacial score (nSPS) is 10.5. The van der Waals surface area contributed by atoms with Gasteiger partial charge >= 0.3 is 12.0 Å². The molecule has 0 radical (unpaired) electrons. The molecule has 4 N–H and O–H groups in total. The van der Waals surface area contributed by atoms with E-state index in [1.165, 1.54) is 6.07 Å². The summed E-state index contributed by atoms with van der Waals surface area (Å²) in [7, 11) is 0. The zero-order valence-corrected chi connectivity index (χ0v) is 14.8. The van der Waals surface area contributed by atoms with E-state index in [1.807, 2.05) is 13.8 Å². The van der Waals surface area contributed by atoms with Gasteiger partial charge in [0, 0.05) is 29.9 Å². The number of carbonyl (C=O) groups is 3. The summed E-state index contributed by atoms with van der Waals surface area (Å²) in [6, 6.07) is 7.42. The van der Waals surface area contributed by atoms with Crippen molar-refractivity contribution in [1.29, 1.82) is 0 Å². The summed E-state index contributed by atoms with van der Waals surface area (Å²) < 4.78 is 5.31. The summed E-state index contributed by atoms with van der Waals surface area (Å²) in [5, 5.41) is 17.1. The first-order valence-electron chi connectivity index (χ1n) is 8.15. The highest BCUT2D eigenvalue weighted by Crippen LogP contribution is 2.19. The van der Waals surface area contributed by atoms with Crippen LogP contribution >= 0.6 is 0 Å². The van der Waals surface area contributed by atoms with E-state index in [9.17, 15) is 14.4 Å².